The Labute approximate surface area is 212 Å². The Morgan fingerprint density at radius 1 is 0.943 bits per heavy atom. The molecule has 4 unspecified atom stereocenters. The number of alkyl carbamates (subject to hydrolysis) is 1. The monoisotopic (exact) mass is 488 g/mol. The van der Waals surface area contributed by atoms with Crippen LogP contribution in [0.25, 0.3) is 0 Å². The number of benzene rings is 1. The molecule has 7 heteroatoms. The van der Waals surface area contributed by atoms with Gasteiger partial charge < -0.3 is 20.7 Å². The maximum atomic E-state index is 13.2. The quantitative estimate of drug-likeness (QED) is 0.264. The van der Waals surface area contributed by atoms with Crippen LogP contribution >= 0.6 is 0 Å². The number of nitrogens with one attached hydrogen (secondary N) is 3. The summed E-state index contributed by atoms with van der Waals surface area (Å²) in [7, 11) is 0. The second-order valence-corrected chi connectivity index (χ2v) is 9.40. The van der Waals surface area contributed by atoms with E-state index in [-0.39, 0.29) is 36.3 Å². The van der Waals surface area contributed by atoms with Gasteiger partial charge in [-0.15, -0.1) is 0 Å². The second-order valence-electron chi connectivity index (χ2n) is 9.40. The molecule has 1 aromatic rings. The lowest BCUT2D eigenvalue weighted by Crippen LogP contribution is -2.53. The summed E-state index contributed by atoms with van der Waals surface area (Å²) in [4.78, 5) is 37.7. The van der Waals surface area contributed by atoms with Crippen molar-refractivity contribution in [1.82, 2.24) is 16.0 Å². The summed E-state index contributed by atoms with van der Waals surface area (Å²) >= 11 is 0. The summed E-state index contributed by atoms with van der Waals surface area (Å²) in [5.41, 5.74) is 0.885. The van der Waals surface area contributed by atoms with Crippen LogP contribution in [0.5, 0.6) is 0 Å². The lowest BCUT2D eigenvalue weighted by molar-refractivity contribution is -0.125. The SMILES string of the molecule is CCCCCC(CCNC(=O)[CH]C(C)CC)NC(=O)C(NC(=O)OCc1ccccc1)C(C)CC. The molecule has 0 aliphatic rings. The average Bonchev–Trinajstić information content (AvgIpc) is 2.85. The smallest absolute Gasteiger partial charge is 0.408 e. The highest BCUT2D eigenvalue weighted by Crippen LogP contribution is 2.12. The van der Waals surface area contributed by atoms with Crippen molar-refractivity contribution in [2.24, 2.45) is 11.8 Å². The van der Waals surface area contributed by atoms with Gasteiger partial charge in [-0.05, 0) is 30.2 Å². The lowest BCUT2D eigenvalue weighted by atomic mass is 9.97. The fraction of sp³-hybridized carbons (Fsp3) is 0.643. The minimum atomic E-state index is -0.690. The minimum absolute atomic E-state index is 0.0552. The van der Waals surface area contributed by atoms with Crippen molar-refractivity contribution in [2.45, 2.75) is 98.3 Å². The topological polar surface area (TPSA) is 96.5 Å². The van der Waals surface area contributed by atoms with Crippen LogP contribution in [0.2, 0.25) is 0 Å². The molecule has 7 nitrogen and oxygen atoms in total. The van der Waals surface area contributed by atoms with E-state index in [9.17, 15) is 14.4 Å². The van der Waals surface area contributed by atoms with Gasteiger partial charge in [-0.1, -0.05) is 97.1 Å². The Morgan fingerprint density at radius 3 is 2.29 bits per heavy atom. The van der Waals surface area contributed by atoms with E-state index in [4.69, 9.17) is 4.74 Å². The summed E-state index contributed by atoms with van der Waals surface area (Å²) in [6.45, 7) is 10.8. The van der Waals surface area contributed by atoms with Crippen LogP contribution in [0.3, 0.4) is 0 Å². The summed E-state index contributed by atoms with van der Waals surface area (Å²) in [5, 5.41) is 8.82. The minimum Gasteiger partial charge on any atom is -0.445 e. The van der Waals surface area contributed by atoms with Gasteiger partial charge in [-0.25, -0.2) is 4.79 Å². The van der Waals surface area contributed by atoms with Crippen LogP contribution in [-0.2, 0) is 20.9 Å². The molecule has 0 bridgehead atoms. The predicted octanol–water partition coefficient (Wildman–Crippen LogP) is 5.15. The Bertz CT molecular complexity index is 741. The maximum absolute atomic E-state index is 13.2. The van der Waals surface area contributed by atoms with Crippen LogP contribution in [0, 0.1) is 18.3 Å². The van der Waals surface area contributed by atoms with Gasteiger partial charge in [0, 0.05) is 12.6 Å². The van der Waals surface area contributed by atoms with Crippen molar-refractivity contribution in [3.63, 3.8) is 0 Å². The third-order valence-electron chi connectivity index (χ3n) is 6.36. The second kappa shape index (κ2) is 17.8. The van der Waals surface area contributed by atoms with E-state index >= 15 is 0 Å². The first-order valence-electron chi connectivity index (χ1n) is 13.2. The molecule has 0 heterocycles. The van der Waals surface area contributed by atoms with Crippen LogP contribution in [0.1, 0.15) is 85.1 Å². The Kier molecular flexibility index (Phi) is 15.5. The van der Waals surface area contributed by atoms with Crippen molar-refractivity contribution in [2.75, 3.05) is 6.54 Å². The fourth-order valence-electron chi connectivity index (χ4n) is 3.62. The highest BCUT2D eigenvalue weighted by Gasteiger charge is 2.28. The van der Waals surface area contributed by atoms with E-state index < -0.39 is 12.1 Å². The molecule has 0 aromatic heterocycles. The highest BCUT2D eigenvalue weighted by atomic mass is 16.5. The van der Waals surface area contributed by atoms with Gasteiger partial charge in [0.05, 0.1) is 6.42 Å². The molecule has 1 aromatic carbocycles. The average molecular weight is 489 g/mol. The van der Waals surface area contributed by atoms with Crippen LogP contribution < -0.4 is 16.0 Å². The largest absolute Gasteiger partial charge is 0.445 e. The zero-order chi connectivity index (χ0) is 26.1. The molecule has 0 fully saturated rings. The van der Waals surface area contributed by atoms with Crippen molar-refractivity contribution >= 4 is 17.9 Å². The summed E-state index contributed by atoms with van der Waals surface area (Å²) in [6.07, 6.45) is 7.39. The number of ether oxygens (including phenoxy) is 1. The summed E-state index contributed by atoms with van der Waals surface area (Å²) in [6, 6.07) is 8.67. The van der Waals surface area contributed by atoms with Gasteiger partial charge in [0.25, 0.3) is 0 Å². The van der Waals surface area contributed by atoms with Gasteiger partial charge in [-0.3, -0.25) is 9.59 Å². The first-order valence-corrected chi connectivity index (χ1v) is 13.2. The predicted molar refractivity (Wildman–Crippen MR) is 140 cm³/mol. The molecule has 0 saturated heterocycles. The van der Waals surface area contributed by atoms with Gasteiger partial charge in [0.15, 0.2) is 0 Å². The Balaban J connectivity index is 2.68. The van der Waals surface area contributed by atoms with Crippen molar-refractivity contribution < 1.29 is 19.1 Å². The highest BCUT2D eigenvalue weighted by molar-refractivity contribution is 5.86. The zero-order valence-electron chi connectivity index (χ0n) is 22.3. The fourth-order valence-corrected chi connectivity index (χ4v) is 3.62. The van der Waals surface area contributed by atoms with E-state index in [1.807, 2.05) is 58.0 Å². The third kappa shape index (κ3) is 13.2. The first-order chi connectivity index (χ1) is 16.8. The van der Waals surface area contributed by atoms with Gasteiger partial charge in [0.1, 0.15) is 12.6 Å². The molecule has 197 valence electrons. The molecular formula is C28H46N3O4. The van der Waals surface area contributed by atoms with Crippen molar-refractivity contribution in [3.05, 3.63) is 42.3 Å². The normalized spacial score (nSPS) is 14.3. The molecule has 0 spiro atoms. The molecule has 4 atom stereocenters. The molecule has 35 heavy (non-hydrogen) atoms. The molecule has 0 saturated carbocycles. The van der Waals surface area contributed by atoms with Crippen LogP contribution in [-0.4, -0.2) is 36.5 Å². The Morgan fingerprint density at radius 2 is 1.66 bits per heavy atom. The molecule has 0 aliphatic heterocycles. The number of hydrogen-bond acceptors (Lipinski definition) is 4. The van der Waals surface area contributed by atoms with E-state index in [2.05, 4.69) is 22.9 Å². The van der Waals surface area contributed by atoms with E-state index in [1.54, 1.807) is 6.42 Å². The molecule has 3 amide bonds. The number of rotatable bonds is 17. The standard InChI is InChI=1S/C28H46N3O4/c1-6-9-11-16-24(17-18-29-25(32)19-21(4)7-2)30-27(33)26(22(5)8-3)31-28(34)35-20-23-14-12-10-13-15-23/h10,12-15,19,21-22,24,26H,6-9,11,16-18,20H2,1-5H3,(H,29,32)(H,30,33)(H,31,34). The molecular weight excluding hydrogens is 442 g/mol. The van der Waals surface area contributed by atoms with Crippen molar-refractivity contribution in [3.8, 4) is 0 Å². The van der Waals surface area contributed by atoms with Crippen LogP contribution in [0.4, 0.5) is 4.79 Å². The number of amides is 3. The molecule has 1 rings (SSSR count). The van der Waals surface area contributed by atoms with E-state index in [0.717, 1.165) is 44.1 Å². The zero-order valence-corrected chi connectivity index (χ0v) is 22.3. The van der Waals surface area contributed by atoms with E-state index in [0.29, 0.717) is 13.0 Å². The molecule has 1 radical (unpaired) electrons. The number of carbonyl (C=O) groups excluding carboxylic acids is 3. The maximum Gasteiger partial charge on any atom is 0.408 e. The summed E-state index contributed by atoms with van der Waals surface area (Å²) < 4.78 is 5.34. The van der Waals surface area contributed by atoms with Crippen LogP contribution in [0.15, 0.2) is 30.3 Å². The molecule has 3 N–H and O–H groups in total. The number of carbonyl (C=O) groups is 3. The van der Waals surface area contributed by atoms with Gasteiger partial charge in [-0.2, -0.15) is 0 Å². The van der Waals surface area contributed by atoms with Gasteiger partial charge in [0.2, 0.25) is 11.8 Å². The van der Waals surface area contributed by atoms with Crippen molar-refractivity contribution in [1.29, 1.82) is 0 Å². The van der Waals surface area contributed by atoms with E-state index in [1.165, 1.54) is 0 Å². The lowest BCUT2D eigenvalue weighted by Gasteiger charge is -2.27. The summed E-state index contributed by atoms with van der Waals surface area (Å²) in [5.74, 6) is -0.104. The molecule has 0 aliphatic carbocycles. The first kappa shape index (κ1) is 30.5. The Hall–Kier alpha value is -2.57. The third-order valence-corrected chi connectivity index (χ3v) is 6.36. The van der Waals surface area contributed by atoms with Gasteiger partial charge >= 0.3 is 6.09 Å². The number of unbranched alkanes of at least 4 members (excludes halogenated alkanes) is 2. The number of hydrogen-bond donors (Lipinski definition) is 3.